The number of carbonyl (C=O) groups excluding carboxylic acids is 2. The Kier molecular flexibility index (Phi) is 5.17. The lowest BCUT2D eigenvalue weighted by atomic mass is 9.99. The van der Waals surface area contributed by atoms with E-state index in [2.05, 4.69) is 9.97 Å². The molecule has 29 heavy (non-hydrogen) atoms. The van der Waals surface area contributed by atoms with Crippen LogP contribution in [0.1, 0.15) is 59.7 Å². The third-order valence-corrected chi connectivity index (χ3v) is 5.69. The van der Waals surface area contributed by atoms with Crippen molar-refractivity contribution in [1.29, 1.82) is 0 Å². The number of benzene rings is 1. The molecule has 0 radical (unpaired) electrons. The molecule has 4 rings (SSSR count). The molecule has 3 heterocycles. The van der Waals surface area contributed by atoms with Crippen LogP contribution in [0.25, 0.3) is 0 Å². The van der Waals surface area contributed by atoms with Gasteiger partial charge in [-0.2, -0.15) is 0 Å². The third kappa shape index (κ3) is 3.79. The summed E-state index contributed by atoms with van der Waals surface area (Å²) in [7, 11) is 0. The number of amides is 2. The van der Waals surface area contributed by atoms with Crippen molar-refractivity contribution in [2.45, 2.75) is 45.2 Å². The van der Waals surface area contributed by atoms with Crippen molar-refractivity contribution in [3.05, 3.63) is 63.1 Å². The molecule has 0 saturated carbocycles. The van der Waals surface area contributed by atoms with Crippen LogP contribution in [0.15, 0.2) is 29.1 Å². The predicted molar refractivity (Wildman–Crippen MR) is 104 cm³/mol. The van der Waals surface area contributed by atoms with Crippen molar-refractivity contribution in [2.24, 2.45) is 0 Å². The van der Waals surface area contributed by atoms with Crippen molar-refractivity contribution in [1.82, 2.24) is 19.8 Å². The summed E-state index contributed by atoms with van der Waals surface area (Å²) in [6.45, 7) is 2.81. The minimum atomic E-state index is -0.464. The van der Waals surface area contributed by atoms with Gasteiger partial charge in [-0.1, -0.05) is 6.07 Å². The fourth-order valence-electron chi connectivity index (χ4n) is 4.13. The molecule has 2 aliphatic rings. The quantitative estimate of drug-likeness (QED) is 0.840. The Balaban J connectivity index is 1.68. The molecular formula is C21H23FN4O3. The highest BCUT2D eigenvalue weighted by molar-refractivity contribution is 5.94. The van der Waals surface area contributed by atoms with Crippen molar-refractivity contribution < 1.29 is 14.0 Å². The minimum absolute atomic E-state index is 0.0557. The smallest absolute Gasteiger partial charge is 0.254 e. The number of carbonyl (C=O) groups is 2. The Morgan fingerprint density at radius 2 is 2.07 bits per heavy atom. The molecule has 2 amide bonds. The zero-order valence-corrected chi connectivity index (χ0v) is 16.3. The fourth-order valence-corrected chi connectivity index (χ4v) is 4.13. The van der Waals surface area contributed by atoms with Gasteiger partial charge in [0.1, 0.15) is 11.6 Å². The standard InChI is InChI=1S/C21H23FN4O3/c1-13(27)25-10-8-16-17(12-25)23-19(24-20(16)28)18-7-2-3-9-26(18)21(29)14-5-4-6-15(22)11-14/h4-6,11,18H,2-3,7-10,12H2,1H3,(H,23,24,28). The maximum absolute atomic E-state index is 13.6. The molecule has 1 unspecified atom stereocenters. The summed E-state index contributed by atoms with van der Waals surface area (Å²) >= 11 is 0. The number of H-pyrrole nitrogens is 1. The Hall–Kier alpha value is -3.03. The van der Waals surface area contributed by atoms with Crippen LogP contribution in [0.2, 0.25) is 0 Å². The van der Waals surface area contributed by atoms with Gasteiger partial charge in [-0.15, -0.1) is 0 Å². The van der Waals surface area contributed by atoms with Crippen LogP contribution in [0, 0.1) is 5.82 Å². The lowest BCUT2D eigenvalue weighted by molar-refractivity contribution is -0.129. The molecule has 0 spiro atoms. The van der Waals surface area contributed by atoms with Crippen LogP contribution in [0.3, 0.4) is 0 Å². The van der Waals surface area contributed by atoms with Gasteiger partial charge >= 0.3 is 0 Å². The number of nitrogens with one attached hydrogen (secondary N) is 1. The molecule has 7 nitrogen and oxygen atoms in total. The molecule has 1 saturated heterocycles. The summed E-state index contributed by atoms with van der Waals surface area (Å²) in [6, 6.07) is 5.24. The molecule has 2 aliphatic heterocycles. The van der Waals surface area contributed by atoms with Crippen LogP contribution in [0.5, 0.6) is 0 Å². The molecular weight excluding hydrogens is 375 g/mol. The van der Waals surface area contributed by atoms with E-state index in [1.165, 1.54) is 25.1 Å². The number of piperidine rings is 1. The molecule has 1 N–H and O–H groups in total. The highest BCUT2D eigenvalue weighted by atomic mass is 19.1. The van der Waals surface area contributed by atoms with Crippen molar-refractivity contribution in [3.8, 4) is 0 Å². The average Bonchev–Trinajstić information content (AvgIpc) is 2.72. The second kappa shape index (κ2) is 7.77. The molecule has 2 aromatic rings. The van der Waals surface area contributed by atoms with Gasteiger partial charge in [0.15, 0.2) is 0 Å². The zero-order valence-electron chi connectivity index (χ0n) is 16.3. The minimum Gasteiger partial charge on any atom is -0.337 e. The van der Waals surface area contributed by atoms with Gasteiger partial charge in [0.05, 0.1) is 18.3 Å². The first-order valence-electron chi connectivity index (χ1n) is 9.88. The molecule has 1 aromatic carbocycles. The molecule has 0 aliphatic carbocycles. The Morgan fingerprint density at radius 3 is 2.83 bits per heavy atom. The van der Waals surface area contributed by atoms with Gasteiger partial charge in [0, 0.05) is 31.1 Å². The van der Waals surface area contributed by atoms with Crippen LogP contribution >= 0.6 is 0 Å². The number of nitrogens with zero attached hydrogens (tertiary/aromatic N) is 3. The van der Waals surface area contributed by atoms with Crippen molar-refractivity contribution in [2.75, 3.05) is 13.1 Å². The Labute approximate surface area is 167 Å². The fraction of sp³-hybridized carbons (Fsp3) is 0.429. The van der Waals surface area contributed by atoms with Gasteiger partial charge in [0.2, 0.25) is 5.91 Å². The van der Waals surface area contributed by atoms with E-state index >= 15 is 0 Å². The number of aromatic amines is 1. The second-order valence-electron chi connectivity index (χ2n) is 7.59. The topological polar surface area (TPSA) is 86.4 Å². The number of halogens is 1. The van der Waals surface area contributed by atoms with E-state index in [4.69, 9.17) is 0 Å². The molecule has 1 atom stereocenters. The van der Waals surface area contributed by atoms with E-state index in [1.54, 1.807) is 15.9 Å². The Bertz CT molecular complexity index is 1020. The molecule has 0 bridgehead atoms. The lowest BCUT2D eigenvalue weighted by Gasteiger charge is -2.36. The van der Waals surface area contributed by atoms with E-state index in [9.17, 15) is 18.8 Å². The first kappa shape index (κ1) is 19.3. The molecule has 152 valence electrons. The molecule has 1 fully saturated rings. The van der Waals surface area contributed by atoms with Crippen LogP contribution in [-0.4, -0.2) is 44.7 Å². The monoisotopic (exact) mass is 398 g/mol. The Morgan fingerprint density at radius 1 is 1.24 bits per heavy atom. The van der Waals surface area contributed by atoms with Gasteiger partial charge in [-0.05, 0) is 43.9 Å². The second-order valence-corrected chi connectivity index (χ2v) is 7.59. The number of hydrogen-bond acceptors (Lipinski definition) is 4. The van der Waals surface area contributed by atoms with E-state index in [0.717, 1.165) is 12.8 Å². The van der Waals surface area contributed by atoms with Gasteiger partial charge in [-0.25, -0.2) is 9.37 Å². The summed E-state index contributed by atoms with van der Waals surface area (Å²) in [6.07, 6.45) is 2.87. The summed E-state index contributed by atoms with van der Waals surface area (Å²) < 4.78 is 13.6. The zero-order chi connectivity index (χ0) is 20.5. The lowest BCUT2D eigenvalue weighted by Crippen LogP contribution is -2.42. The van der Waals surface area contributed by atoms with Crippen LogP contribution in [-0.2, 0) is 17.8 Å². The number of likely N-dealkylation sites (tertiary alicyclic amines) is 1. The summed E-state index contributed by atoms with van der Waals surface area (Å²) in [5.74, 6) is -0.363. The third-order valence-electron chi connectivity index (χ3n) is 5.69. The number of aromatic nitrogens is 2. The number of hydrogen-bond donors (Lipinski definition) is 1. The largest absolute Gasteiger partial charge is 0.337 e. The van der Waals surface area contributed by atoms with E-state index in [-0.39, 0.29) is 29.0 Å². The van der Waals surface area contributed by atoms with Gasteiger partial charge in [-0.3, -0.25) is 14.4 Å². The van der Waals surface area contributed by atoms with Crippen molar-refractivity contribution in [3.63, 3.8) is 0 Å². The predicted octanol–water partition coefficient (Wildman–Crippen LogP) is 2.18. The highest BCUT2D eigenvalue weighted by Crippen LogP contribution is 2.30. The van der Waals surface area contributed by atoms with Gasteiger partial charge < -0.3 is 14.8 Å². The summed E-state index contributed by atoms with van der Waals surface area (Å²) in [5, 5.41) is 0. The normalized spacial score (nSPS) is 19.0. The summed E-state index contributed by atoms with van der Waals surface area (Å²) in [5.41, 5.74) is 1.26. The van der Waals surface area contributed by atoms with Crippen molar-refractivity contribution >= 4 is 11.8 Å². The van der Waals surface area contributed by atoms with Gasteiger partial charge in [0.25, 0.3) is 11.5 Å². The van der Waals surface area contributed by atoms with Crippen LogP contribution < -0.4 is 5.56 Å². The number of rotatable bonds is 2. The maximum atomic E-state index is 13.6. The highest BCUT2D eigenvalue weighted by Gasteiger charge is 2.32. The number of fused-ring (bicyclic) bond motifs is 1. The maximum Gasteiger partial charge on any atom is 0.254 e. The first-order chi connectivity index (χ1) is 13.9. The van der Waals surface area contributed by atoms with E-state index in [0.29, 0.717) is 49.6 Å². The van der Waals surface area contributed by atoms with E-state index in [1.807, 2.05) is 0 Å². The van der Waals surface area contributed by atoms with E-state index < -0.39 is 5.82 Å². The summed E-state index contributed by atoms with van der Waals surface area (Å²) in [4.78, 5) is 48.3. The average molecular weight is 398 g/mol. The first-order valence-corrected chi connectivity index (χ1v) is 9.88. The SMILES string of the molecule is CC(=O)N1CCc2c(nc(C3CCCCN3C(=O)c3cccc(F)c3)[nH]c2=O)C1. The molecule has 8 heteroatoms. The van der Waals surface area contributed by atoms with Crippen LogP contribution in [0.4, 0.5) is 4.39 Å². The molecule has 1 aromatic heterocycles.